The van der Waals surface area contributed by atoms with Crippen molar-refractivity contribution in [3.05, 3.63) is 46.2 Å². The van der Waals surface area contributed by atoms with Gasteiger partial charge < -0.3 is 15.4 Å². The number of hydrogen-bond donors (Lipinski definition) is 2. The van der Waals surface area contributed by atoms with E-state index in [1.165, 1.54) is 24.5 Å². The average Bonchev–Trinajstić information content (AvgIpc) is 3.19. The number of carbonyl (C=O) groups excluding carboxylic acids is 2. The number of piperazine rings is 1. The smallest absolute Gasteiger partial charge is 0.237 e. The van der Waals surface area contributed by atoms with E-state index in [9.17, 15) is 14.0 Å². The van der Waals surface area contributed by atoms with Gasteiger partial charge in [-0.15, -0.1) is 11.3 Å². The molecule has 2 amide bonds. The van der Waals surface area contributed by atoms with Crippen molar-refractivity contribution in [3.63, 3.8) is 0 Å². The van der Waals surface area contributed by atoms with Crippen molar-refractivity contribution in [3.8, 4) is 5.75 Å². The number of nitrogens with one attached hydrogen (secondary N) is 2. The quantitative estimate of drug-likeness (QED) is 0.691. The number of thiazole rings is 1. The molecule has 0 saturated carbocycles. The van der Waals surface area contributed by atoms with Gasteiger partial charge in [0.25, 0.3) is 0 Å². The molecule has 28 heavy (non-hydrogen) atoms. The summed E-state index contributed by atoms with van der Waals surface area (Å²) in [7, 11) is 1.48. The first-order valence-electron chi connectivity index (χ1n) is 9.04. The monoisotopic (exact) mass is 406 g/mol. The molecule has 2 N–H and O–H groups in total. The maximum absolute atomic E-state index is 14.3. The summed E-state index contributed by atoms with van der Waals surface area (Å²) in [5, 5.41) is 7.55. The first-order valence-corrected chi connectivity index (χ1v) is 9.99. The second-order valence-corrected chi connectivity index (χ2v) is 7.24. The van der Waals surface area contributed by atoms with Gasteiger partial charge in [0, 0.05) is 49.6 Å². The highest BCUT2D eigenvalue weighted by molar-refractivity contribution is 7.07. The molecule has 2 aromatic rings. The predicted octanol–water partition coefficient (Wildman–Crippen LogP) is 1.34. The van der Waals surface area contributed by atoms with E-state index in [2.05, 4.69) is 15.6 Å². The highest BCUT2D eigenvalue weighted by Gasteiger charge is 2.32. The Labute approximate surface area is 166 Å². The molecular weight excluding hydrogens is 383 g/mol. The Hall–Kier alpha value is -2.52. The Morgan fingerprint density at radius 2 is 2.36 bits per heavy atom. The van der Waals surface area contributed by atoms with Crippen molar-refractivity contribution in [1.82, 2.24) is 20.5 Å². The van der Waals surface area contributed by atoms with Crippen LogP contribution in [-0.2, 0) is 22.6 Å². The van der Waals surface area contributed by atoms with Gasteiger partial charge in [0.1, 0.15) is 11.6 Å². The maximum atomic E-state index is 14.3. The number of hydrogen-bond acceptors (Lipinski definition) is 6. The summed E-state index contributed by atoms with van der Waals surface area (Å²) >= 11 is 1.51. The molecule has 2 heterocycles. The lowest BCUT2D eigenvalue weighted by Crippen LogP contribution is -2.56. The van der Waals surface area contributed by atoms with E-state index in [1.807, 2.05) is 10.3 Å². The maximum Gasteiger partial charge on any atom is 0.237 e. The predicted molar refractivity (Wildman–Crippen MR) is 104 cm³/mol. The number of nitrogens with zero attached hydrogens (tertiary/aromatic N) is 2. The highest BCUT2D eigenvalue weighted by Crippen LogP contribution is 2.20. The Balaban J connectivity index is 1.58. The van der Waals surface area contributed by atoms with Gasteiger partial charge in [-0.25, -0.2) is 9.37 Å². The van der Waals surface area contributed by atoms with Gasteiger partial charge in [0.05, 0.1) is 30.8 Å². The molecule has 150 valence electrons. The molecule has 0 spiro atoms. The zero-order valence-corrected chi connectivity index (χ0v) is 16.4. The van der Waals surface area contributed by atoms with Gasteiger partial charge in [-0.05, 0) is 6.07 Å². The third-order valence-electron chi connectivity index (χ3n) is 4.64. The van der Waals surface area contributed by atoms with Crippen LogP contribution in [0.2, 0.25) is 0 Å². The van der Waals surface area contributed by atoms with Gasteiger partial charge in [0.2, 0.25) is 11.8 Å². The molecule has 1 unspecified atom stereocenters. The van der Waals surface area contributed by atoms with Crippen molar-refractivity contribution in [1.29, 1.82) is 0 Å². The van der Waals surface area contributed by atoms with Crippen LogP contribution >= 0.6 is 11.3 Å². The lowest BCUT2D eigenvalue weighted by molar-refractivity contribution is -0.134. The van der Waals surface area contributed by atoms with E-state index in [-0.39, 0.29) is 24.8 Å². The van der Waals surface area contributed by atoms with E-state index in [0.717, 1.165) is 5.69 Å². The van der Waals surface area contributed by atoms with E-state index in [1.54, 1.807) is 17.6 Å². The van der Waals surface area contributed by atoms with Crippen molar-refractivity contribution >= 4 is 23.2 Å². The Kier molecular flexibility index (Phi) is 6.94. The number of benzene rings is 1. The average molecular weight is 406 g/mol. The van der Waals surface area contributed by atoms with Crippen LogP contribution in [0.1, 0.15) is 17.7 Å². The van der Waals surface area contributed by atoms with Crippen LogP contribution in [0, 0.1) is 5.82 Å². The second kappa shape index (κ2) is 9.61. The van der Waals surface area contributed by atoms with Crippen LogP contribution < -0.4 is 15.4 Å². The van der Waals surface area contributed by atoms with E-state index in [0.29, 0.717) is 37.4 Å². The molecule has 1 atom stereocenters. The molecule has 1 fully saturated rings. The number of methoxy groups -OCH3 is 1. The van der Waals surface area contributed by atoms with E-state index < -0.39 is 11.9 Å². The fourth-order valence-corrected chi connectivity index (χ4v) is 3.71. The lowest BCUT2D eigenvalue weighted by atomic mass is 10.1. The molecule has 0 bridgehead atoms. The standard InChI is InChI=1S/C19H23FN4O3S/c1-27-15-3-2-13(16(20)8-15)10-24-7-6-22-19(26)17(24)9-18(25)21-5-4-14-11-28-12-23-14/h2-3,8,11-12,17H,4-7,9-10H2,1H3,(H,21,25)(H,22,26). The fraction of sp³-hybridized carbons (Fsp3) is 0.421. The fourth-order valence-electron chi connectivity index (χ4n) is 3.11. The minimum atomic E-state index is -0.630. The zero-order valence-electron chi connectivity index (χ0n) is 15.6. The van der Waals surface area contributed by atoms with E-state index in [4.69, 9.17) is 4.74 Å². The van der Waals surface area contributed by atoms with Crippen LogP contribution in [0.5, 0.6) is 5.75 Å². The number of aromatic nitrogens is 1. The molecule has 1 aliphatic heterocycles. The van der Waals surface area contributed by atoms with Gasteiger partial charge in [0.15, 0.2) is 0 Å². The third-order valence-corrected chi connectivity index (χ3v) is 5.28. The van der Waals surface area contributed by atoms with Crippen LogP contribution in [0.3, 0.4) is 0 Å². The lowest BCUT2D eigenvalue weighted by Gasteiger charge is -2.34. The first-order chi connectivity index (χ1) is 13.6. The molecule has 1 saturated heterocycles. The molecule has 1 aromatic carbocycles. The largest absolute Gasteiger partial charge is 0.497 e. The van der Waals surface area contributed by atoms with Crippen molar-refractivity contribution in [2.45, 2.75) is 25.4 Å². The number of ether oxygens (including phenoxy) is 1. The van der Waals surface area contributed by atoms with E-state index >= 15 is 0 Å². The van der Waals surface area contributed by atoms with Crippen molar-refractivity contribution in [2.24, 2.45) is 0 Å². The second-order valence-electron chi connectivity index (χ2n) is 6.52. The molecule has 3 rings (SSSR count). The summed E-state index contributed by atoms with van der Waals surface area (Å²) in [6.07, 6.45) is 0.674. The summed E-state index contributed by atoms with van der Waals surface area (Å²) in [5.74, 6) is -0.377. The minimum absolute atomic E-state index is 0.0284. The molecule has 0 aliphatic carbocycles. The molecular formula is C19H23FN4O3S. The molecule has 1 aromatic heterocycles. The van der Waals surface area contributed by atoms with Crippen LogP contribution in [0.4, 0.5) is 4.39 Å². The van der Waals surface area contributed by atoms with Crippen molar-refractivity contribution < 1.29 is 18.7 Å². The number of rotatable bonds is 8. The van der Waals surface area contributed by atoms with Gasteiger partial charge in [-0.2, -0.15) is 0 Å². The molecule has 9 heteroatoms. The van der Waals surface area contributed by atoms with Crippen LogP contribution in [0.25, 0.3) is 0 Å². The van der Waals surface area contributed by atoms with Crippen LogP contribution in [0.15, 0.2) is 29.1 Å². The Bertz CT molecular complexity index is 816. The van der Waals surface area contributed by atoms with Crippen molar-refractivity contribution in [2.75, 3.05) is 26.7 Å². The highest BCUT2D eigenvalue weighted by atomic mass is 32.1. The Morgan fingerprint density at radius 3 is 3.07 bits per heavy atom. The molecule has 0 radical (unpaired) electrons. The first kappa shape index (κ1) is 20.2. The SMILES string of the molecule is COc1ccc(CN2CCNC(=O)C2CC(=O)NCCc2cscn2)c(F)c1. The molecule has 7 nitrogen and oxygen atoms in total. The molecule has 1 aliphatic rings. The van der Waals surface area contributed by atoms with Gasteiger partial charge in [-0.3, -0.25) is 14.5 Å². The summed E-state index contributed by atoms with van der Waals surface area (Å²) in [4.78, 5) is 30.6. The summed E-state index contributed by atoms with van der Waals surface area (Å²) < 4.78 is 19.3. The normalized spacial score (nSPS) is 17.2. The summed E-state index contributed by atoms with van der Waals surface area (Å²) in [6.45, 7) is 1.73. The van der Waals surface area contributed by atoms with Gasteiger partial charge >= 0.3 is 0 Å². The topological polar surface area (TPSA) is 83.6 Å². The summed E-state index contributed by atoms with van der Waals surface area (Å²) in [5.41, 5.74) is 3.14. The van der Waals surface area contributed by atoms with Crippen LogP contribution in [-0.4, -0.2) is 54.5 Å². The number of amides is 2. The van der Waals surface area contributed by atoms with Gasteiger partial charge in [-0.1, -0.05) is 6.07 Å². The Morgan fingerprint density at radius 1 is 1.50 bits per heavy atom. The third kappa shape index (κ3) is 5.26. The number of carbonyl (C=O) groups is 2. The zero-order chi connectivity index (χ0) is 19.9. The minimum Gasteiger partial charge on any atom is -0.497 e. The number of halogens is 1. The summed E-state index contributed by atoms with van der Waals surface area (Å²) in [6, 6.07) is 4.02.